The fraction of sp³-hybridized carbons (Fsp3) is 0.684. The third-order valence-corrected chi connectivity index (χ3v) is 5.24. The van der Waals surface area contributed by atoms with Gasteiger partial charge in [-0.15, -0.1) is 0 Å². The van der Waals surface area contributed by atoms with Crippen molar-refractivity contribution in [2.45, 2.75) is 70.4 Å². The molecule has 2 heteroatoms. The first-order valence-corrected chi connectivity index (χ1v) is 9.09. The van der Waals surface area contributed by atoms with Crippen molar-refractivity contribution in [2.24, 2.45) is 0 Å². The number of quaternary nitrogens is 1. The van der Waals surface area contributed by atoms with E-state index in [0.29, 0.717) is 0 Å². The Morgan fingerprint density at radius 1 is 0.810 bits per heavy atom. The van der Waals surface area contributed by atoms with Crippen LogP contribution >= 0.6 is 0 Å². The lowest BCUT2D eigenvalue weighted by atomic mass is 9.96. The molecule has 0 radical (unpaired) electrons. The summed E-state index contributed by atoms with van der Waals surface area (Å²) in [6, 6.07) is 10.2. The summed E-state index contributed by atoms with van der Waals surface area (Å²) in [6.07, 6.45) is 12.8. The Hall–Kier alpha value is -1.02. The summed E-state index contributed by atoms with van der Waals surface area (Å²) < 4.78 is 0. The molecule has 2 nitrogen and oxygen atoms in total. The van der Waals surface area contributed by atoms with Gasteiger partial charge in [0.15, 0.2) is 0 Å². The zero-order valence-corrected chi connectivity index (χ0v) is 13.4. The molecule has 0 amide bonds. The Balaban J connectivity index is 1.48. The molecule has 1 aliphatic carbocycles. The van der Waals surface area contributed by atoms with E-state index >= 15 is 0 Å². The van der Waals surface area contributed by atoms with Crippen LogP contribution in [0.1, 0.15) is 63.4 Å². The number of rotatable bonds is 4. The zero-order chi connectivity index (χ0) is 14.3. The quantitative estimate of drug-likeness (QED) is 0.899. The largest absolute Gasteiger partial charge is 0.372 e. The minimum absolute atomic E-state index is 0.864. The fourth-order valence-corrected chi connectivity index (χ4v) is 3.84. The maximum Gasteiger partial charge on any atom is 0.101 e. The van der Waals surface area contributed by atoms with Crippen LogP contribution in [0.2, 0.25) is 0 Å². The molecule has 2 aliphatic rings. The molecule has 2 N–H and O–H groups in total. The second kappa shape index (κ2) is 7.84. The van der Waals surface area contributed by atoms with Crippen molar-refractivity contribution < 1.29 is 5.32 Å². The van der Waals surface area contributed by atoms with Crippen LogP contribution in [-0.4, -0.2) is 19.1 Å². The molecule has 1 aromatic carbocycles. The van der Waals surface area contributed by atoms with Gasteiger partial charge in [0.2, 0.25) is 0 Å². The van der Waals surface area contributed by atoms with Crippen LogP contribution in [-0.2, 0) is 6.54 Å². The van der Waals surface area contributed by atoms with Gasteiger partial charge in [-0.3, -0.25) is 0 Å². The van der Waals surface area contributed by atoms with E-state index < -0.39 is 0 Å². The van der Waals surface area contributed by atoms with Gasteiger partial charge in [0.05, 0.1) is 6.04 Å². The molecule has 1 saturated heterocycles. The van der Waals surface area contributed by atoms with E-state index in [0.717, 1.165) is 12.6 Å². The normalized spacial score (nSPS) is 21.2. The summed E-state index contributed by atoms with van der Waals surface area (Å²) in [4.78, 5) is 2.52. The lowest BCUT2D eigenvalue weighted by Gasteiger charge is -2.19. The van der Waals surface area contributed by atoms with Crippen molar-refractivity contribution in [2.75, 3.05) is 18.0 Å². The van der Waals surface area contributed by atoms with E-state index in [1.165, 1.54) is 82.1 Å². The second-order valence-corrected chi connectivity index (χ2v) is 6.91. The molecule has 1 aliphatic heterocycles. The molecular weight excluding hydrogens is 256 g/mol. The Morgan fingerprint density at radius 2 is 1.43 bits per heavy atom. The lowest BCUT2D eigenvalue weighted by molar-refractivity contribution is -0.706. The van der Waals surface area contributed by atoms with Gasteiger partial charge in [0.25, 0.3) is 0 Å². The summed E-state index contributed by atoms with van der Waals surface area (Å²) in [5.74, 6) is 0. The number of nitrogens with zero attached hydrogens (tertiary/aromatic N) is 1. The predicted molar refractivity (Wildman–Crippen MR) is 89.6 cm³/mol. The standard InChI is InChI=1S/C19H30N2/c1-2-4-8-18(9-5-3-1)20-16-17-10-12-19(13-11-17)21-14-6-7-15-21/h10-13,18,20H,1-9,14-16H2/p+1. The van der Waals surface area contributed by atoms with E-state index in [1.807, 2.05) is 0 Å². The summed E-state index contributed by atoms with van der Waals surface area (Å²) in [6.45, 7) is 3.64. The van der Waals surface area contributed by atoms with Gasteiger partial charge in [0.1, 0.15) is 6.54 Å². The number of nitrogens with two attached hydrogens (primary N) is 1. The second-order valence-electron chi connectivity index (χ2n) is 6.91. The highest BCUT2D eigenvalue weighted by atomic mass is 15.1. The van der Waals surface area contributed by atoms with Crippen LogP contribution < -0.4 is 10.2 Å². The van der Waals surface area contributed by atoms with E-state index in [1.54, 1.807) is 0 Å². The zero-order valence-electron chi connectivity index (χ0n) is 13.4. The van der Waals surface area contributed by atoms with Crippen LogP contribution in [0.5, 0.6) is 0 Å². The van der Waals surface area contributed by atoms with Crippen LogP contribution in [0.15, 0.2) is 24.3 Å². The SMILES string of the molecule is c1cc(N2CCCC2)ccc1C[NH2+]C1CCCCCCC1. The molecule has 1 saturated carbocycles. The smallest absolute Gasteiger partial charge is 0.101 e. The first-order chi connectivity index (χ1) is 10.4. The number of anilines is 1. The van der Waals surface area contributed by atoms with Crippen LogP contribution in [0.3, 0.4) is 0 Å². The summed E-state index contributed by atoms with van der Waals surface area (Å²) in [7, 11) is 0. The summed E-state index contributed by atoms with van der Waals surface area (Å²) >= 11 is 0. The third-order valence-electron chi connectivity index (χ3n) is 5.24. The van der Waals surface area contributed by atoms with Gasteiger partial charge in [-0.25, -0.2) is 0 Å². The minimum Gasteiger partial charge on any atom is -0.372 e. The highest BCUT2D eigenvalue weighted by Crippen LogP contribution is 2.20. The molecule has 116 valence electrons. The van der Waals surface area contributed by atoms with E-state index in [9.17, 15) is 0 Å². The number of hydrogen-bond donors (Lipinski definition) is 1. The maximum atomic E-state index is 2.59. The molecule has 0 bridgehead atoms. The highest BCUT2D eigenvalue weighted by molar-refractivity contribution is 5.48. The van der Waals surface area contributed by atoms with Crippen molar-refractivity contribution >= 4 is 5.69 Å². The van der Waals surface area contributed by atoms with E-state index in [2.05, 4.69) is 34.5 Å². The van der Waals surface area contributed by atoms with Crippen molar-refractivity contribution in [3.63, 3.8) is 0 Å². The average molecular weight is 287 g/mol. The Morgan fingerprint density at radius 3 is 2.10 bits per heavy atom. The van der Waals surface area contributed by atoms with Crippen molar-refractivity contribution in [1.82, 2.24) is 0 Å². The Bertz CT molecular complexity index is 398. The van der Waals surface area contributed by atoms with Gasteiger partial charge in [0, 0.05) is 24.3 Å². The molecule has 1 aromatic rings. The first-order valence-electron chi connectivity index (χ1n) is 9.09. The molecule has 0 spiro atoms. The van der Waals surface area contributed by atoms with Gasteiger partial charge >= 0.3 is 0 Å². The maximum absolute atomic E-state index is 2.59. The Labute approximate surface area is 129 Å². The van der Waals surface area contributed by atoms with E-state index in [-0.39, 0.29) is 0 Å². The first kappa shape index (κ1) is 14.9. The monoisotopic (exact) mass is 287 g/mol. The summed E-state index contributed by atoms with van der Waals surface area (Å²) in [5, 5.41) is 2.59. The fourth-order valence-electron chi connectivity index (χ4n) is 3.84. The van der Waals surface area contributed by atoms with E-state index in [4.69, 9.17) is 0 Å². The molecule has 21 heavy (non-hydrogen) atoms. The molecular formula is C19H31N2+. The predicted octanol–water partition coefficient (Wildman–Crippen LogP) is 3.46. The molecule has 0 unspecified atom stereocenters. The topological polar surface area (TPSA) is 19.9 Å². The molecule has 0 atom stereocenters. The lowest BCUT2D eigenvalue weighted by Crippen LogP contribution is -2.88. The van der Waals surface area contributed by atoms with Crippen molar-refractivity contribution in [3.8, 4) is 0 Å². The highest BCUT2D eigenvalue weighted by Gasteiger charge is 2.14. The van der Waals surface area contributed by atoms with Crippen LogP contribution in [0, 0.1) is 0 Å². The molecule has 0 aromatic heterocycles. The van der Waals surface area contributed by atoms with Crippen LogP contribution in [0.4, 0.5) is 5.69 Å². The van der Waals surface area contributed by atoms with Crippen molar-refractivity contribution in [3.05, 3.63) is 29.8 Å². The minimum atomic E-state index is 0.864. The number of benzene rings is 1. The van der Waals surface area contributed by atoms with Crippen LogP contribution in [0.25, 0.3) is 0 Å². The van der Waals surface area contributed by atoms with Gasteiger partial charge < -0.3 is 10.2 Å². The summed E-state index contributed by atoms with van der Waals surface area (Å²) in [5.41, 5.74) is 2.90. The molecule has 2 fully saturated rings. The third kappa shape index (κ3) is 4.47. The average Bonchev–Trinajstić information content (AvgIpc) is 3.01. The molecule has 3 rings (SSSR count). The van der Waals surface area contributed by atoms with Gasteiger partial charge in [-0.2, -0.15) is 0 Å². The van der Waals surface area contributed by atoms with Gasteiger partial charge in [-0.05, 0) is 50.7 Å². The Kier molecular flexibility index (Phi) is 5.56. The molecule has 1 heterocycles. The number of hydrogen-bond acceptors (Lipinski definition) is 1. The van der Waals surface area contributed by atoms with Crippen molar-refractivity contribution in [1.29, 1.82) is 0 Å². The van der Waals surface area contributed by atoms with Gasteiger partial charge in [-0.1, -0.05) is 31.4 Å².